The molecular formula is C18H20O2. The van der Waals surface area contributed by atoms with Crippen LogP contribution >= 0.6 is 0 Å². The molecule has 1 aliphatic carbocycles. The number of rotatable bonds is 5. The van der Waals surface area contributed by atoms with Crippen LogP contribution in [0.2, 0.25) is 0 Å². The van der Waals surface area contributed by atoms with Crippen LogP contribution in [0.15, 0.2) is 48.5 Å². The molecule has 0 spiro atoms. The lowest BCUT2D eigenvalue weighted by Gasteiger charge is -2.13. The lowest BCUT2D eigenvalue weighted by molar-refractivity contribution is 0.177. The summed E-state index contributed by atoms with van der Waals surface area (Å²) in [4.78, 5) is 0. The molecule has 0 aliphatic heterocycles. The zero-order chi connectivity index (χ0) is 13.9. The number of aliphatic hydroxyl groups is 1. The van der Waals surface area contributed by atoms with E-state index in [1.54, 1.807) is 0 Å². The van der Waals surface area contributed by atoms with Crippen molar-refractivity contribution in [3.05, 3.63) is 65.2 Å². The Morgan fingerprint density at radius 1 is 1.15 bits per heavy atom. The van der Waals surface area contributed by atoms with Gasteiger partial charge in [0, 0.05) is 6.42 Å². The van der Waals surface area contributed by atoms with Crippen molar-refractivity contribution in [3.63, 3.8) is 0 Å². The molecule has 0 bridgehead atoms. The molecule has 1 atom stereocenters. The SMILES string of the molecule is Cc1cccc(CC(O)c2cccc(OC3CC3)c2)c1. The first-order valence-electron chi connectivity index (χ1n) is 7.21. The number of aryl methyl sites for hydroxylation is 1. The molecule has 104 valence electrons. The van der Waals surface area contributed by atoms with E-state index in [4.69, 9.17) is 4.74 Å². The standard InChI is InChI=1S/C18H20O2/c1-13-4-2-5-14(10-13)11-18(19)15-6-3-7-17(12-15)20-16-8-9-16/h2-7,10,12,16,18-19H,8-9,11H2,1H3. The second kappa shape index (κ2) is 5.68. The molecule has 20 heavy (non-hydrogen) atoms. The highest BCUT2D eigenvalue weighted by Gasteiger charge is 2.23. The first-order valence-corrected chi connectivity index (χ1v) is 7.21. The van der Waals surface area contributed by atoms with E-state index in [2.05, 4.69) is 25.1 Å². The van der Waals surface area contributed by atoms with E-state index in [9.17, 15) is 5.11 Å². The van der Waals surface area contributed by atoms with Gasteiger partial charge in [0.05, 0.1) is 12.2 Å². The maximum absolute atomic E-state index is 10.4. The first kappa shape index (κ1) is 13.2. The lowest BCUT2D eigenvalue weighted by Crippen LogP contribution is -2.03. The van der Waals surface area contributed by atoms with E-state index < -0.39 is 6.10 Å². The molecule has 0 aromatic heterocycles. The Hall–Kier alpha value is -1.80. The van der Waals surface area contributed by atoms with Gasteiger partial charge in [-0.05, 0) is 43.0 Å². The van der Waals surface area contributed by atoms with Crippen LogP contribution in [0.3, 0.4) is 0 Å². The van der Waals surface area contributed by atoms with Crippen LogP contribution in [-0.2, 0) is 6.42 Å². The second-order valence-corrected chi connectivity index (χ2v) is 5.60. The van der Waals surface area contributed by atoms with E-state index in [0.29, 0.717) is 12.5 Å². The number of aliphatic hydroxyl groups excluding tert-OH is 1. The van der Waals surface area contributed by atoms with Gasteiger partial charge in [-0.3, -0.25) is 0 Å². The summed E-state index contributed by atoms with van der Waals surface area (Å²) < 4.78 is 5.77. The van der Waals surface area contributed by atoms with Crippen LogP contribution < -0.4 is 4.74 Å². The predicted molar refractivity (Wildman–Crippen MR) is 79.9 cm³/mol. The molecule has 2 aromatic carbocycles. The molecule has 1 fully saturated rings. The van der Waals surface area contributed by atoms with E-state index in [1.807, 2.05) is 30.3 Å². The molecule has 0 heterocycles. The third kappa shape index (κ3) is 3.40. The number of benzene rings is 2. The Labute approximate surface area is 120 Å². The van der Waals surface area contributed by atoms with Gasteiger partial charge in [0.15, 0.2) is 0 Å². The van der Waals surface area contributed by atoms with Gasteiger partial charge in [0.1, 0.15) is 5.75 Å². The van der Waals surface area contributed by atoms with Crippen LogP contribution in [-0.4, -0.2) is 11.2 Å². The van der Waals surface area contributed by atoms with Crippen molar-refractivity contribution in [1.29, 1.82) is 0 Å². The third-order valence-corrected chi connectivity index (χ3v) is 3.58. The number of hydrogen-bond donors (Lipinski definition) is 1. The van der Waals surface area contributed by atoms with Gasteiger partial charge in [-0.2, -0.15) is 0 Å². The Kier molecular flexibility index (Phi) is 3.75. The highest BCUT2D eigenvalue weighted by atomic mass is 16.5. The van der Waals surface area contributed by atoms with Crippen molar-refractivity contribution in [2.24, 2.45) is 0 Å². The van der Waals surface area contributed by atoms with Crippen molar-refractivity contribution in [1.82, 2.24) is 0 Å². The fourth-order valence-corrected chi connectivity index (χ4v) is 2.35. The van der Waals surface area contributed by atoms with E-state index >= 15 is 0 Å². The van der Waals surface area contributed by atoms with Crippen molar-refractivity contribution in [2.75, 3.05) is 0 Å². The third-order valence-electron chi connectivity index (χ3n) is 3.58. The molecule has 1 saturated carbocycles. The fourth-order valence-electron chi connectivity index (χ4n) is 2.35. The second-order valence-electron chi connectivity index (χ2n) is 5.60. The van der Waals surface area contributed by atoms with Gasteiger partial charge in [0.2, 0.25) is 0 Å². The maximum Gasteiger partial charge on any atom is 0.120 e. The average molecular weight is 268 g/mol. The molecule has 1 unspecified atom stereocenters. The Balaban J connectivity index is 1.71. The van der Waals surface area contributed by atoms with Crippen molar-refractivity contribution < 1.29 is 9.84 Å². The Bertz CT molecular complexity index is 587. The van der Waals surface area contributed by atoms with Crippen LogP contribution in [0.4, 0.5) is 0 Å². The van der Waals surface area contributed by atoms with Gasteiger partial charge in [-0.15, -0.1) is 0 Å². The monoisotopic (exact) mass is 268 g/mol. The van der Waals surface area contributed by atoms with E-state index in [-0.39, 0.29) is 0 Å². The summed E-state index contributed by atoms with van der Waals surface area (Å²) >= 11 is 0. The van der Waals surface area contributed by atoms with Crippen LogP contribution in [0.1, 0.15) is 35.6 Å². The molecule has 2 heteroatoms. The molecule has 2 nitrogen and oxygen atoms in total. The number of ether oxygens (including phenoxy) is 1. The fraction of sp³-hybridized carbons (Fsp3) is 0.333. The van der Waals surface area contributed by atoms with Crippen LogP contribution in [0, 0.1) is 6.92 Å². The predicted octanol–water partition coefficient (Wildman–Crippen LogP) is 3.81. The highest BCUT2D eigenvalue weighted by Crippen LogP contribution is 2.29. The number of hydrogen-bond acceptors (Lipinski definition) is 2. The van der Waals surface area contributed by atoms with Crippen molar-refractivity contribution >= 4 is 0 Å². The summed E-state index contributed by atoms with van der Waals surface area (Å²) in [6.45, 7) is 2.07. The van der Waals surface area contributed by atoms with Gasteiger partial charge < -0.3 is 9.84 Å². The molecule has 1 N–H and O–H groups in total. The van der Waals surface area contributed by atoms with Gasteiger partial charge in [0.25, 0.3) is 0 Å². The normalized spacial score (nSPS) is 15.9. The first-order chi connectivity index (χ1) is 9.70. The van der Waals surface area contributed by atoms with Gasteiger partial charge in [-0.1, -0.05) is 42.0 Å². The molecular weight excluding hydrogens is 248 g/mol. The van der Waals surface area contributed by atoms with Crippen LogP contribution in [0.25, 0.3) is 0 Å². The molecule has 0 saturated heterocycles. The summed E-state index contributed by atoms with van der Waals surface area (Å²) in [5, 5.41) is 10.4. The maximum atomic E-state index is 10.4. The average Bonchev–Trinajstić information content (AvgIpc) is 3.23. The van der Waals surface area contributed by atoms with Crippen molar-refractivity contribution in [2.45, 2.75) is 38.4 Å². The molecule has 3 rings (SSSR count). The molecule has 0 amide bonds. The minimum atomic E-state index is -0.487. The summed E-state index contributed by atoms with van der Waals surface area (Å²) in [6, 6.07) is 16.1. The Morgan fingerprint density at radius 2 is 1.95 bits per heavy atom. The Morgan fingerprint density at radius 3 is 2.70 bits per heavy atom. The molecule has 2 aromatic rings. The van der Waals surface area contributed by atoms with E-state index in [1.165, 1.54) is 5.56 Å². The molecule has 1 aliphatic rings. The summed E-state index contributed by atoms with van der Waals surface area (Å²) in [7, 11) is 0. The molecule has 0 radical (unpaired) electrons. The zero-order valence-electron chi connectivity index (χ0n) is 11.8. The lowest BCUT2D eigenvalue weighted by atomic mass is 10.00. The van der Waals surface area contributed by atoms with Gasteiger partial charge >= 0.3 is 0 Å². The summed E-state index contributed by atoms with van der Waals surface area (Å²) in [5.74, 6) is 0.869. The quantitative estimate of drug-likeness (QED) is 0.893. The smallest absolute Gasteiger partial charge is 0.120 e. The minimum absolute atomic E-state index is 0.388. The minimum Gasteiger partial charge on any atom is -0.490 e. The highest BCUT2D eigenvalue weighted by molar-refractivity contribution is 5.32. The summed E-state index contributed by atoms with van der Waals surface area (Å²) in [6.07, 6.45) is 2.83. The van der Waals surface area contributed by atoms with Gasteiger partial charge in [-0.25, -0.2) is 0 Å². The topological polar surface area (TPSA) is 29.5 Å². The van der Waals surface area contributed by atoms with E-state index in [0.717, 1.165) is 29.7 Å². The van der Waals surface area contributed by atoms with Crippen molar-refractivity contribution in [3.8, 4) is 5.75 Å². The van der Waals surface area contributed by atoms with Crippen LogP contribution in [0.5, 0.6) is 5.75 Å². The largest absolute Gasteiger partial charge is 0.490 e. The zero-order valence-corrected chi connectivity index (χ0v) is 11.8. The summed E-state index contributed by atoms with van der Waals surface area (Å²) in [5.41, 5.74) is 3.30.